The van der Waals surface area contributed by atoms with Crippen molar-refractivity contribution in [1.82, 2.24) is 20.2 Å². The molecular formula is C21H24N4O5S2. The topological polar surface area (TPSA) is 115 Å². The van der Waals surface area contributed by atoms with Gasteiger partial charge in [-0.3, -0.25) is 19.5 Å². The molecule has 0 spiro atoms. The minimum atomic E-state index is -0.613. The number of hydrogen-bond acceptors (Lipinski definition) is 8. The van der Waals surface area contributed by atoms with Crippen LogP contribution in [0.5, 0.6) is 0 Å². The smallest absolute Gasteiger partial charge is 0.321 e. The summed E-state index contributed by atoms with van der Waals surface area (Å²) in [5.74, 6) is 0.0508. The number of imide groups is 1. The van der Waals surface area contributed by atoms with Crippen LogP contribution in [0.3, 0.4) is 0 Å². The van der Waals surface area contributed by atoms with Crippen LogP contribution in [0.1, 0.15) is 29.0 Å². The van der Waals surface area contributed by atoms with Crippen molar-refractivity contribution in [3.05, 3.63) is 45.0 Å². The van der Waals surface area contributed by atoms with E-state index in [1.807, 2.05) is 0 Å². The zero-order chi connectivity index (χ0) is 22.5. The molecule has 0 bridgehead atoms. The van der Waals surface area contributed by atoms with Crippen LogP contribution in [0.2, 0.25) is 0 Å². The third-order valence-electron chi connectivity index (χ3n) is 5.15. The molecule has 0 aliphatic heterocycles. The number of aryl methyl sites for hydroxylation is 2. The van der Waals surface area contributed by atoms with E-state index in [2.05, 4.69) is 10.6 Å². The van der Waals surface area contributed by atoms with E-state index >= 15 is 0 Å². The summed E-state index contributed by atoms with van der Waals surface area (Å²) in [6, 6.07) is 2.83. The fourth-order valence-corrected chi connectivity index (χ4v) is 5.76. The zero-order valence-electron chi connectivity index (χ0n) is 17.6. The van der Waals surface area contributed by atoms with Crippen LogP contribution >= 0.6 is 23.1 Å². The molecule has 3 amide bonds. The van der Waals surface area contributed by atoms with Gasteiger partial charge in [0.2, 0.25) is 5.91 Å². The van der Waals surface area contributed by atoms with Gasteiger partial charge in [-0.15, -0.1) is 11.3 Å². The number of fused-ring (bicyclic) bond motifs is 3. The Labute approximate surface area is 192 Å². The van der Waals surface area contributed by atoms with Crippen LogP contribution in [-0.2, 0) is 35.5 Å². The summed E-state index contributed by atoms with van der Waals surface area (Å²) in [5, 5.41) is 5.98. The van der Waals surface area contributed by atoms with Crippen LogP contribution < -0.4 is 16.2 Å². The van der Waals surface area contributed by atoms with E-state index in [1.54, 1.807) is 35.1 Å². The molecule has 9 nitrogen and oxygen atoms in total. The van der Waals surface area contributed by atoms with Crippen molar-refractivity contribution in [2.24, 2.45) is 0 Å². The van der Waals surface area contributed by atoms with E-state index < -0.39 is 11.9 Å². The number of urea groups is 1. The standard InChI is InChI=1S/C21H24N4O5S2/c1-29-10-8-25-19(27)17-14-6-2-3-7-15(14)32-18(17)24-21(25)31-12-16(26)23-20(28)22-11-13-5-4-9-30-13/h4-5,9H,2-3,6-8,10-12H2,1H3,(H2,22,23,26,28). The third-order valence-corrected chi connectivity index (χ3v) is 7.31. The lowest BCUT2D eigenvalue weighted by Gasteiger charge is -2.13. The first-order valence-corrected chi connectivity index (χ1v) is 12.1. The Morgan fingerprint density at radius 3 is 2.97 bits per heavy atom. The lowest BCUT2D eigenvalue weighted by atomic mass is 9.97. The highest BCUT2D eigenvalue weighted by Gasteiger charge is 2.22. The largest absolute Gasteiger partial charge is 0.467 e. The highest BCUT2D eigenvalue weighted by Crippen LogP contribution is 2.34. The zero-order valence-corrected chi connectivity index (χ0v) is 19.3. The molecule has 1 aliphatic rings. The molecule has 3 aromatic rings. The number of furan rings is 1. The fourth-order valence-electron chi connectivity index (χ4n) is 3.63. The van der Waals surface area contributed by atoms with Gasteiger partial charge in [0.05, 0.1) is 37.1 Å². The quantitative estimate of drug-likeness (QED) is 0.379. The molecule has 3 aromatic heterocycles. The van der Waals surface area contributed by atoms with E-state index in [4.69, 9.17) is 14.1 Å². The van der Waals surface area contributed by atoms with E-state index in [1.165, 1.54) is 11.1 Å². The first kappa shape index (κ1) is 22.6. The van der Waals surface area contributed by atoms with Gasteiger partial charge in [-0.25, -0.2) is 9.78 Å². The van der Waals surface area contributed by atoms with Crippen LogP contribution in [0.25, 0.3) is 10.2 Å². The third kappa shape index (κ3) is 5.05. The van der Waals surface area contributed by atoms with Crippen molar-refractivity contribution in [1.29, 1.82) is 0 Å². The molecular weight excluding hydrogens is 452 g/mol. The van der Waals surface area contributed by atoms with Gasteiger partial charge in [0, 0.05) is 12.0 Å². The summed E-state index contributed by atoms with van der Waals surface area (Å²) in [5.41, 5.74) is 1.04. The van der Waals surface area contributed by atoms with Crippen molar-refractivity contribution in [2.75, 3.05) is 19.5 Å². The Bertz CT molecular complexity index is 1170. The molecule has 2 N–H and O–H groups in total. The summed E-state index contributed by atoms with van der Waals surface area (Å²) in [6.07, 6.45) is 5.59. The Hall–Kier alpha value is -2.63. The Morgan fingerprint density at radius 1 is 1.34 bits per heavy atom. The average molecular weight is 477 g/mol. The van der Waals surface area contributed by atoms with Gasteiger partial charge in [0.15, 0.2) is 5.16 Å². The van der Waals surface area contributed by atoms with Gasteiger partial charge < -0.3 is 14.5 Å². The maximum Gasteiger partial charge on any atom is 0.321 e. The maximum absolute atomic E-state index is 13.3. The average Bonchev–Trinajstić information content (AvgIpc) is 3.43. The number of nitrogens with zero attached hydrogens (tertiary/aromatic N) is 2. The number of methoxy groups -OCH3 is 1. The van der Waals surface area contributed by atoms with Crippen molar-refractivity contribution < 1.29 is 18.7 Å². The van der Waals surface area contributed by atoms with E-state index in [0.29, 0.717) is 29.5 Å². The molecule has 0 aromatic carbocycles. The highest BCUT2D eigenvalue weighted by molar-refractivity contribution is 7.99. The SMILES string of the molecule is COCCn1c(SCC(=O)NC(=O)NCc2ccco2)nc2sc3c(c2c1=O)CCCC3. The normalized spacial score (nSPS) is 13.2. The number of thiophene rings is 1. The van der Waals surface area contributed by atoms with Crippen LogP contribution in [-0.4, -0.2) is 41.0 Å². The van der Waals surface area contributed by atoms with Crippen molar-refractivity contribution in [3.8, 4) is 0 Å². The van der Waals surface area contributed by atoms with Gasteiger partial charge in [-0.05, 0) is 43.4 Å². The van der Waals surface area contributed by atoms with Gasteiger partial charge in [-0.2, -0.15) is 0 Å². The molecule has 32 heavy (non-hydrogen) atoms. The number of nitrogens with one attached hydrogen (secondary N) is 2. The monoisotopic (exact) mass is 476 g/mol. The second-order valence-corrected chi connectivity index (χ2v) is 9.36. The van der Waals surface area contributed by atoms with Crippen LogP contribution in [0, 0.1) is 0 Å². The molecule has 0 radical (unpaired) electrons. The summed E-state index contributed by atoms with van der Waals surface area (Å²) in [6.45, 7) is 0.877. The van der Waals surface area contributed by atoms with Crippen LogP contribution in [0.15, 0.2) is 32.8 Å². The molecule has 0 saturated carbocycles. The molecule has 0 fully saturated rings. The minimum absolute atomic E-state index is 0.0514. The molecule has 4 rings (SSSR count). The molecule has 0 saturated heterocycles. The maximum atomic E-state index is 13.3. The number of rotatable bonds is 8. The molecule has 1 aliphatic carbocycles. The number of aromatic nitrogens is 2. The van der Waals surface area contributed by atoms with Crippen LogP contribution in [0.4, 0.5) is 4.79 Å². The number of amides is 3. The molecule has 11 heteroatoms. The Morgan fingerprint density at radius 2 is 2.19 bits per heavy atom. The predicted molar refractivity (Wildman–Crippen MR) is 122 cm³/mol. The Balaban J connectivity index is 1.47. The van der Waals surface area contributed by atoms with E-state index in [0.717, 1.165) is 47.8 Å². The van der Waals surface area contributed by atoms with Gasteiger partial charge in [0.1, 0.15) is 10.6 Å². The number of hydrogen-bond donors (Lipinski definition) is 2. The highest BCUT2D eigenvalue weighted by atomic mass is 32.2. The van der Waals surface area contributed by atoms with Crippen molar-refractivity contribution in [3.63, 3.8) is 0 Å². The molecule has 170 valence electrons. The van der Waals surface area contributed by atoms with Crippen molar-refractivity contribution >= 4 is 45.3 Å². The first-order valence-electron chi connectivity index (χ1n) is 10.3. The fraction of sp³-hybridized carbons (Fsp3) is 0.429. The molecule has 3 heterocycles. The van der Waals surface area contributed by atoms with Gasteiger partial charge in [0.25, 0.3) is 5.56 Å². The summed E-state index contributed by atoms with van der Waals surface area (Å²) < 4.78 is 11.9. The molecule has 0 atom stereocenters. The van der Waals surface area contributed by atoms with E-state index in [9.17, 15) is 14.4 Å². The number of thioether (sulfide) groups is 1. The first-order chi connectivity index (χ1) is 15.6. The molecule has 0 unspecified atom stereocenters. The second kappa shape index (κ2) is 10.3. The van der Waals surface area contributed by atoms with Gasteiger partial charge in [-0.1, -0.05) is 11.8 Å². The lowest BCUT2D eigenvalue weighted by molar-refractivity contribution is -0.117. The second-order valence-electron chi connectivity index (χ2n) is 7.33. The number of ether oxygens (including phenoxy) is 1. The summed E-state index contributed by atoms with van der Waals surface area (Å²) >= 11 is 2.70. The number of carbonyl (C=O) groups is 2. The minimum Gasteiger partial charge on any atom is -0.467 e. The predicted octanol–water partition coefficient (Wildman–Crippen LogP) is 2.69. The summed E-state index contributed by atoms with van der Waals surface area (Å²) in [7, 11) is 1.57. The van der Waals surface area contributed by atoms with E-state index in [-0.39, 0.29) is 17.9 Å². The number of carbonyl (C=O) groups excluding carboxylic acids is 2. The lowest BCUT2D eigenvalue weighted by Crippen LogP contribution is -2.40. The Kier molecular flexibility index (Phi) is 7.28. The van der Waals surface area contributed by atoms with Crippen molar-refractivity contribution in [2.45, 2.75) is 43.9 Å². The van der Waals surface area contributed by atoms with Gasteiger partial charge >= 0.3 is 6.03 Å². The summed E-state index contributed by atoms with van der Waals surface area (Å²) in [4.78, 5) is 44.2.